The summed E-state index contributed by atoms with van der Waals surface area (Å²) in [6.07, 6.45) is 10.8. The molecule has 0 heterocycles. The first-order chi connectivity index (χ1) is 7.27. The minimum atomic E-state index is 0.648. The van der Waals surface area contributed by atoms with Crippen molar-refractivity contribution in [1.29, 1.82) is 0 Å². The molecule has 91 valence electrons. The molecular weight excluding hydrogens is 184 g/mol. The van der Waals surface area contributed by atoms with E-state index in [2.05, 4.69) is 20.8 Å². The first kappa shape index (κ1) is 15.0. The van der Waals surface area contributed by atoms with E-state index in [9.17, 15) is 0 Å². The van der Waals surface area contributed by atoms with Gasteiger partial charge in [-0.3, -0.25) is 0 Å². The quantitative estimate of drug-likeness (QED) is 0.441. The molecule has 0 aliphatic heterocycles. The van der Waals surface area contributed by atoms with Gasteiger partial charge in [0.25, 0.3) is 0 Å². The third kappa shape index (κ3) is 14.0. The Balaban J connectivity index is 2.87. The molecule has 0 aromatic rings. The fourth-order valence-corrected chi connectivity index (χ4v) is 1.53. The number of rotatable bonds is 11. The largest absolute Gasteiger partial charge is 0.375 e. The highest BCUT2D eigenvalue weighted by atomic mass is 16.5. The Morgan fingerprint density at radius 3 is 2.13 bits per heavy atom. The summed E-state index contributed by atoms with van der Waals surface area (Å²) < 4.78 is 5.42. The summed E-state index contributed by atoms with van der Waals surface area (Å²) in [5.74, 6) is 0.648. The molecule has 0 aliphatic carbocycles. The van der Waals surface area contributed by atoms with Crippen LogP contribution in [0.25, 0.3) is 0 Å². The minimum absolute atomic E-state index is 0.648. The highest BCUT2D eigenvalue weighted by Crippen LogP contribution is 2.09. The minimum Gasteiger partial charge on any atom is -0.375 e. The van der Waals surface area contributed by atoms with Crippen molar-refractivity contribution in [2.24, 2.45) is 5.92 Å². The fraction of sp³-hybridized carbons (Fsp3) is 0.929. The zero-order valence-electron chi connectivity index (χ0n) is 10.9. The van der Waals surface area contributed by atoms with E-state index in [-0.39, 0.29) is 0 Å². The van der Waals surface area contributed by atoms with Gasteiger partial charge in [0, 0.05) is 6.61 Å². The van der Waals surface area contributed by atoms with E-state index >= 15 is 0 Å². The van der Waals surface area contributed by atoms with Crippen LogP contribution < -0.4 is 0 Å². The highest BCUT2D eigenvalue weighted by Gasteiger charge is 1.95. The molecule has 1 nitrogen and oxygen atoms in total. The van der Waals surface area contributed by atoms with Gasteiger partial charge >= 0.3 is 0 Å². The van der Waals surface area contributed by atoms with Crippen molar-refractivity contribution in [2.45, 2.75) is 72.1 Å². The van der Waals surface area contributed by atoms with Gasteiger partial charge in [-0.25, -0.2) is 0 Å². The average molecular weight is 213 g/mol. The summed E-state index contributed by atoms with van der Waals surface area (Å²) in [6.45, 7) is 9.49. The molecule has 0 fully saturated rings. The van der Waals surface area contributed by atoms with E-state index in [1.807, 2.05) is 6.61 Å². The van der Waals surface area contributed by atoms with E-state index < -0.39 is 0 Å². The molecule has 0 atom stereocenters. The van der Waals surface area contributed by atoms with Gasteiger partial charge in [-0.2, -0.15) is 0 Å². The number of unbranched alkanes of at least 4 members (excludes halogenated alkanes) is 7. The molecule has 0 bridgehead atoms. The zero-order valence-corrected chi connectivity index (χ0v) is 10.9. The second-order valence-corrected chi connectivity index (χ2v) is 4.80. The summed E-state index contributed by atoms with van der Waals surface area (Å²) >= 11 is 0. The molecule has 1 radical (unpaired) electrons. The SMILES string of the molecule is CCCCCCCCC[CH]OCC(C)C. The Hall–Kier alpha value is -0.0400. The van der Waals surface area contributed by atoms with Gasteiger partial charge in [0.15, 0.2) is 0 Å². The van der Waals surface area contributed by atoms with Gasteiger partial charge in [0.1, 0.15) is 0 Å². The van der Waals surface area contributed by atoms with Gasteiger partial charge in [-0.05, 0) is 12.3 Å². The summed E-state index contributed by atoms with van der Waals surface area (Å²) in [5.41, 5.74) is 0. The first-order valence-corrected chi connectivity index (χ1v) is 6.70. The Morgan fingerprint density at radius 1 is 0.933 bits per heavy atom. The van der Waals surface area contributed by atoms with Crippen LogP contribution >= 0.6 is 0 Å². The van der Waals surface area contributed by atoms with Gasteiger partial charge in [-0.15, -0.1) is 0 Å². The Kier molecular flexibility index (Phi) is 12.0. The van der Waals surface area contributed by atoms with E-state index in [1.165, 1.54) is 44.9 Å². The predicted octanol–water partition coefficient (Wildman–Crippen LogP) is 4.96. The Morgan fingerprint density at radius 2 is 1.53 bits per heavy atom. The second kappa shape index (κ2) is 12.0. The Labute approximate surface area is 96.6 Å². The molecule has 15 heavy (non-hydrogen) atoms. The van der Waals surface area contributed by atoms with Crippen LogP contribution in [0.2, 0.25) is 0 Å². The molecule has 0 aromatic carbocycles. The van der Waals surface area contributed by atoms with Gasteiger partial charge in [0.05, 0.1) is 6.61 Å². The van der Waals surface area contributed by atoms with Gasteiger partial charge in [0.2, 0.25) is 0 Å². The average Bonchev–Trinajstić information content (AvgIpc) is 2.20. The van der Waals surface area contributed by atoms with Gasteiger partial charge < -0.3 is 4.74 Å². The molecule has 0 spiro atoms. The molecule has 1 heteroatoms. The van der Waals surface area contributed by atoms with E-state index in [1.54, 1.807) is 0 Å². The number of hydrogen-bond acceptors (Lipinski definition) is 1. The number of hydrogen-bond donors (Lipinski definition) is 0. The fourth-order valence-electron chi connectivity index (χ4n) is 1.53. The molecule has 0 N–H and O–H groups in total. The molecule has 0 amide bonds. The van der Waals surface area contributed by atoms with Crippen molar-refractivity contribution in [1.82, 2.24) is 0 Å². The molecule has 0 unspecified atom stereocenters. The standard InChI is InChI=1S/C14H29O/c1-4-5-6-7-8-9-10-11-12-15-13-14(2)3/h12,14H,4-11,13H2,1-3H3. The highest BCUT2D eigenvalue weighted by molar-refractivity contribution is 4.53. The predicted molar refractivity (Wildman–Crippen MR) is 67.7 cm³/mol. The van der Waals surface area contributed by atoms with Crippen LogP contribution in [-0.4, -0.2) is 6.61 Å². The maximum atomic E-state index is 5.42. The lowest BCUT2D eigenvalue weighted by Gasteiger charge is -2.05. The monoisotopic (exact) mass is 213 g/mol. The first-order valence-electron chi connectivity index (χ1n) is 6.70. The lowest BCUT2D eigenvalue weighted by atomic mass is 10.1. The van der Waals surface area contributed by atoms with Crippen LogP contribution in [0, 0.1) is 12.5 Å². The van der Waals surface area contributed by atoms with Crippen molar-refractivity contribution in [3.8, 4) is 0 Å². The maximum absolute atomic E-state index is 5.42. The van der Waals surface area contributed by atoms with Crippen molar-refractivity contribution in [3.63, 3.8) is 0 Å². The Bertz CT molecular complexity index is 110. The van der Waals surface area contributed by atoms with Crippen LogP contribution in [0.3, 0.4) is 0 Å². The van der Waals surface area contributed by atoms with Crippen LogP contribution in [-0.2, 0) is 4.74 Å². The van der Waals surface area contributed by atoms with Crippen molar-refractivity contribution >= 4 is 0 Å². The molecule has 0 aromatic heterocycles. The molecule has 0 saturated heterocycles. The number of ether oxygens (including phenoxy) is 1. The second-order valence-electron chi connectivity index (χ2n) is 4.80. The lowest BCUT2D eigenvalue weighted by molar-refractivity contribution is 0.160. The third-order valence-electron chi connectivity index (χ3n) is 2.47. The molecule has 0 saturated carbocycles. The van der Waals surface area contributed by atoms with Crippen molar-refractivity contribution < 1.29 is 4.74 Å². The summed E-state index contributed by atoms with van der Waals surface area (Å²) in [7, 11) is 0. The van der Waals surface area contributed by atoms with Crippen molar-refractivity contribution in [3.05, 3.63) is 6.61 Å². The summed E-state index contributed by atoms with van der Waals surface area (Å²) in [6, 6.07) is 0. The van der Waals surface area contributed by atoms with E-state index in [0.717, 1.165) is 13.0 Å². The van der Waals surface area contributed by atoms with E-state index in [4.69, 9.17) is 4.74 Å². The maximum Gasteiger partial charge on any atom is 0.0836 e. The third-order valence-corrected chi connectivity index (χ3v) is 2.47. The lowest BCUT2D eigenvalue weighted by Crippen LogP contribution is -1.99. The van der Waals surface area contributed by atoms with Crippen LogP contribution in [0.1, 0.15) is 72.1 Å². The summed E-state index contributed by atoms with van der Waals surface area (Å²) in [4.78, 5) is 0. The molecular formula is C14H29O. The topological polar surface area (TPSA) is 9.23 Å². The summed E-state index contributed by atoms with van der Waals surface area (Å²) in [5, 5.41) is 0. The molecule has 0 aliphatic rings. The van der Waals surface area contributed by atoms with Gasteiger partial charge in [-0.1, -0.05) is 65.7 Å². The van der Waals surface area contributed by atoms with Crippen LogP contribution in [0.4, 0.5) is 0 Å². The van der Waals surface area contributed by atoms with Crippen LogP contribution in [0.5, 0.6) is 0 Å². The normalized spacial score (nSPS) is 11.2. The zero-order chi connectivity index (χ0) is 11.4. The van der Waals surface area contributed by atoms with Crippen molar-refractivity contribution in [2.75, 3.05) is 6.61 Å². The molecule has 0 rings (SSSR count). The smallest absolute Gasteiger partial charge is 0.0836 e. The van der Waals surface area contributed by atoms with Crippen LogP contribution in [0.15, 0.2) is 0 Å². The van der Waals surface area contributed by atoms with E-state index in [0.29, 0.717) is 5.92 Å².